The number of nitrogens with one attached hydrogen (secondary N) is 1. The average molecular weight is 1180 g/mol. The summed E-state index contributed by atoms with van der Waals surface area (Å²) in [6, 6.07) is -0.628. The topological polar surface area (TPSA) is 95.9 Å². The lowest BCUT2D eigenvalue weighted by Gasteiger charge is -2.20. The molecule has 0 saturated carbocycles. The number of hydrogen-bond donors (Lipinski definition) is 3. The van der Waals surface area contributed by atoms with Crippen molar-refractivity contribution in [3.05, 3.63) is 48.6 Å². The van der Waals surface area contributed by atoms with Gasteiger partial charge in [-0.15, -0.1) is 0 Å². The molecule has 6 heteroatoms. The zero-order valence-corrected chi connectivity index (χ0v) is 56.6. The first-order valence-corrected chi connectivity index (χ1v) is 37.9. The van der Waals surface area contributed by atoms with Gasteiger partial charge in [-0.1, -0.05) is 358 Å². The molecule has 0 heterocycles. The monoisotopic (exact) mass is 1180 g/mol. The number of amides is 1. The molecule has 84 heavy (non-hydrogen) atoms. The maximum atomic E-state index is 12.5. The molecule has 0 spiro atoms. The van der Waals surface area contributed by atoms with Crippen molar-refractivity contribution in [2.45, 2.75) is 424 Å². The van der Waals surface area contributed by atoms with Crippen molar-refractivity contribution in [2.75, 3.05) is 13.2 Å². The summed E-state index contributed by atoms with van der Waals surface area (Å²) in [5.74, 6) is -0.0581. The molecule has 0 bridgehead atoms. The zero-order chi connectivity index (χ0) is 60.6. The number of ether oxygens (including phenoxy) is 1. The lowest BCUT2D eigenvalue weighted by Crippen LogP contribution is -2.45. The molecule has 494 valence electrons. The minimum atomic E-state index is -0.845. The summed E-state index contributed by atoms with van der Waals surface area (Å²) in [5.41, 5.74) is 0. The van der Waals surface area contributed by atoms with Crippen molar-refractivity contribution < 1.29 is 24.5 Å². The van der Waals surface area contributed by atoms with Crippen LogP contribution in [-0.2, 0) is 14.3 Å². The molecule has 2 unspecified atom stereocenters. The van der Waals surface area contributed by atoms with Crippen molar-refractivity contribution in [3.63, 3.8) is 0 Å². The third kappa shape index (κ3) is 68.9. The molecule has 0 rings (SSSR count). The van der Waals surface area contributed by atoms with E-state index in [0.29, 0.717) is 19.4 Å². The maximum Gasteiger partial charge on any atom is 0.305 e. The fourth-order valence-electron chi connectivity index (χ4n) is 11.8. The van der Waals surface area contributed by atoms with E-state index >= 15 is 0 Å². The summed E-state index contributed by atoms with van der Waals surface area (Å²) < 4.78 is 5.47. The first kappa shape index (κ1) is 81.8. The van der Waals surface area contributed by atoms with Crippen molar-refractivity contribution >= 4 is 11.9 Å². The van der Waals surface area contributed by atoms with E-state index in [4.69, 9.17) is 4.74 Å². The molecular formula is C78H147NO5. The van der Waals surface area contributed by atoms with Crippen LogP contribution in [-0.4, -0.2) is 47.4 Å². The second-order valence-electron chi connectivity index (χ2n) is 26.0. The van der Waals surface area contributed by atoms with Gasteiger partial charge in [-0.25, -0.2) is 0 Å². The van der Waals surface area contributed by atoms with Crippen molar-refractivity contribution in [2.24, 2.45) is 0 Å². The standard InChI is InChI=1S/C78H147NO5/c1-3-5-7-9-11-13-15-17-18-19-20-21-35-38-41-44-47-50-54-58-62-66-70-76(81)75(74-80)79-77(82)71-67-63-59-55-51-48-45-42-39-36-33-31-29-27-25-23-22-24-26-28-30-32-34-37-40-43-46-49-53-57-61-65-69-73-84-78(83)72-68-64-60-56-52-16-14-12-10-8-6-4-2/h12,14,26,28,32,34,66,70,75-76,80-81H,3-11,13,15-25,27,29-31,33,35-65,67-69,71-74H2,1-2H3,(H,79,82)/b14-12-,28-26-,34-32-,70-66+. The fourth-order valence-corrected chi connectivity index (χ4v) is 11.8. The number of esters is 1. The van der Waals surface area contributed by atoms with Gasteiger partial charge in [-0.3, -0.25) is 9.59 Å². The molecule has 0 radical (unpaired) electrons. The van der Waals surface area contributed by atoms with Crippen LogP contribution in [0.1, 0.15) is 412 Å². The lowest BCUT2D eigenvalue weighted by molar-refractivity contribution is -0.143. The minimum Gasteiger partial charge on any atom is -0.466 e. The maximum absolute atomic E-state index is 12.5. The number of unbranched alkanes of at least 4 members (excludes halogenated alkanes) is 54. The molecule has 0 aliphatic rings. The van der Waals surface area contributed by atoms with Crippen LogP contribution in [0.2, 0.25) is 0 Å². The van der Waals surface area contributed by atoms with Gasteiger partial charge in [0.1, 0.15) is 0 Å². The highest BCUT2D eigenvalue weighted by Gasteiger charge is 2.18. The Morgan fingerprint density at radius 2 is 0.595 bits per heavy atom. The van der Waals surface area contributed by atoms with Gasteiger partial charge in [0.15, 0.2) is 0 Å². The van der Waals surface area contributed by atoms with Crippen LogP contribution in [0, 0.1) is 0 Å². The van der Waals surface area contributed by atoms with Gasteiger partial charge < -0.3 is 20.3 Å². The zero-order valence-electron chi connectivity index (χ0n) is 56.6. The van der Waals surface area contributed by atoms with Crippen molar-refractivity contribution in [1.82, 2.24) is 5.32 Å². The number of hydrogen-bond acceptors (Lipinski definition) is 5. The molecule has 0 saturated heterocycles. The number of carbonyl (C=O) groups excluding carboxylic acids is 2. The molecule has 2 atom stereocenters. The van der Waals surface area contributed by atoms with Gasteiger partial charge in [0.05, 0.1) is 25.4 Å². The Morgan fingerprint density at radius 3 is 0.940 bits per heavy atom. The Morgan fingerprint density at radius 1 is 0.333 bits per heavy atom. The van der Waals surface area contributed by atoms with E-state index in [-0.39, 0.29) is 18.5 Å². The summed E-state index contributed by atoms with van der Waals surface area (Å²) in [6.45, 7) is 4.91. The second-order valence-corrected chi connectivity index (χ2v) is 26.0. The predicted molar refractivity (Wildman–Crippen MR) is 370 cm³/mol. The van der Waals surface area contributed by atoms with E-state index in [1.807, 2.05) is 6.08 Å². The fraction of sp³-hybridized carbons (Fsp3) is 0.872. The molecule has 0 aromatic carbocycles. The Bertz CT molecular complexity index is 1400. The summed E-state index contributed by atoms with van der Waals surface area (Å²) in [5, 5.41) is 23.3. The molecule has 0 aliphatic heterocycles. The summed E-state index contributed by atoms with van der Waals surface area (Å²) in [7, 11) is 0. The Labute approximate surface area is 525 Å². The van der Waals surface area contributed by atoms with Crippen molar-refractivity contribution in [3.8, 4) is 0 Å². The quantitative estimate of drug-likeness (QED) is 0.0320. The minimum absolute atomic E-state index is 0.00401. The number of rotatable bonds is 71. The third-order valence-electron chi connectivity index (χ3n) is 17.6. The average Bonchev–Trinajstić information content (AvgIpc) is 3.51. The SMILES string of the molecule is CCCCC/C=C\CCCCCCCC(=O)OCCCCCCCCCCC/C=C\C/C=C\CCCCCCCCCCCCCCCCCCCC(=O)NC(CO)C(O)/C=C/CCCCCCCCCCCCCCCCCCCCCC. The van der Waals surface area contributed by atoms with Crippen LogP contribution in [0.5, 0.6) is 0 Å². The highest BCUT2D eigenvalue weighted by Crippen LogP contribution is 2.19. The van der Waals surface area contributed by atoms with E-state index in [1.54, 1.807) is 6.08 Å². The van der Waals surface area contributed by atoms with Crippen LogP contribution in [0.4, 0.5) is 0 Å². The van der Waals surface area contributed by atoms with Crippen LogP contribution in [0.25, 0.3) is 0 Å². The molecule has 0 aromatic heterocycles. The Balaban J connectivity index is 3.41. The van der Waals surface area contributed by atoms with Gasteiger partial charge in [0.2, 0.25) is 5.91 Å². The van der Waals surface area contributed by atoms with Gasteiger partial charge >= 0.3 is 5.97 Å². The summed E-state index contributed by atoms with van der Waals surface area (Å²) >= 11 is 0. The number of allylic oxidation sites excluding steroid dienone is 7. The lowest BCUT2D eigenvalue weighted by atomic mass is 10.0. The first-order chi connectivity index (χ1) is 41.5. The molecule has 1 amide bonds. The van der Waals surface area contributed by atoms with Crippen molar-refractivity contribution in [1.29, 1.82) is 0 Å². The number of carbonyl (C=O) groups is 2. The third-order valence-corrected chi connectivity index (χ3v) is 17.6. The van der Waals surface area contributed by atoms with Gasteiger partial charge in [-0.05, 0) is 89.9 Å². The second kappa shape index (κ2) is 73.3. The number of aliphatic hydroxyl groups is 2. The van der Waals surface area contributed by atoms with Crippen LogP contribution in [0.15, 0.2) is 48.6 Å². The van der Waals surface area contributed by atoms with E-state index in [1.165, 1.54) is 334 Å². The predicted octanol–water partition coefficient (Wildman–Crippen LogP) is 24.8. The first-order valence-electron chi connectivity index (χ1n) is 37.9. The molecule has 0 fully saturated rings. The highest BCUT2D eigenvalue weighted by molar-refractivity contribution is 5.76. The van der Waals surface area contributed by atoms with Gasteiger partial charge in [-0.2, -0.15) is 0 Å². The van der Waals surface area contributed by atoms with Gasteiger partial charge in [0, 0.05) is 12.8 Å². The Kier molecular flexibility index (Phi) is 71.4. The van der Waals surface area contributed by atoms with Crippen LogP contribution in [0.3, 0.4) is 0 Å². The number of aliphatic hydroxyl groups excluding tert-OH is 2. The van der Waals surface area contributed by atoms with E-state index in [2.05, 4.69) is 55.6 Å². The normalized spacial score (nSPS) is 12.8. The highest BCUT2D eigenvalue weighted by atomic mass is 16.5. The van der Waals surface area contributed by atoms with Gasteiger partial charge in [0.25, 0.3) is 0 Å². The summed E-state index contributed by atoms with van der Waals surface area (Å²) in [4.78, 5) is 24.6. The van der Waals surface area contributed by atoms with Crippen LogP contribution < -0.4 is 5.32 Å². The smallest absolute Gasteiger partial charge is 0.305 e. The van der Waals surface area contributed by atoms with E-state index in [0.717, 1.165) is 51.4 Å². The largest absolute Gasteiger partial charge is 0.466 e. The van der Waals surface area contributed by atoms with E-state index in [9.17, 15) is 19.8 Å². The molecule has 0 aliphatic carbocycles. The van der Waals surface area contributed by atoms with E-state index < -0.39 is 12.1 Å². The van der Waals surface area contributed by atoms with Crippen LogP contribution >= 0.6 is 0 Å². The molecule has 0 aromatic rings. The summed E-state index contributed by atoms with van der Waals surface area (Å²) in [6.07, 6.45) is 96.5. The molecule has 6 nitrogen and oxygen atoms in total. The Hall–Kier alpha value is -2.18. The molecule has 3 N–H and O–H groups in total. The molecular weight excluding hydrogens is 1030 g/mol.